The number of rotatable bonds is 5. The number of hydrogen-bond acceptors (Lipinski definition) is 6. The Hall–Kier alpha value is -4.47. The number of carbonyl (C=O) groups is 2. The second kappa shape index (κ2) is 8.58. The average molecular weight is 443 g/mol. The van der Waals surface area contributed by atoms with Gasteiger partial charge >= 0.3 is 12.1 Å². The topological polar surface area (TPSA) is 105 Å². The summed E-state index contributed by atoms with van der Waals surface area (Å²) in [6, 6.07) is 14.8. The SMILES string of the molecule is Cc1ccccc1CN1CCN2C=C(C(=O)Nc3cccc(-n4cncn4)c3)OC2=NC1=O. The predicted octanol–water partition coefficient (Wildman–Crippen LogP) is 2.68. The maximum absolute atomic E-state index is 12.8. The molecule has 0 unspecified atom stereocenters. The first-order valence-corrected chi connectivity index (χ1v) is 10.4. The molecule has 0 fully saturated rings. The van der Waals surface area contributed by atoms with Crippen molar-refractivity contribution in [1.29, 1.82) is 0 Å². The number of aliphatic imine (C=N–C) groups is 1. The Bertz CT molecular complexity index is 1270. The lowest BCUT2D eigenvalue weighted by molar-refractivity contribution is -0.114. The van der Waals surface area contributed by atoms with Gasteiger partial charge in [-0.3, -0.25) is 9.69 Å². The van der Waals surface area contributed by atoms with Crippen LogP contribution in [0.3, 0.4) is 0 Å². The van der Waals surface area contributed by atoms with Crippen molar-refractivity contribution in [2.24, 2.45) is 4.99 Å². The maximum Gasteiger partial charge on any atom is 0.348 e. The van der Waals surface area contributed by atoms with Crippen LogP contribution >= 0.6 is 0 Å². The van der Waals surface area contributed by atoms with Crippen molar-refractivity contribution in [2.45, 2.75) is 13.5 Å². The first-order chi connectivity index (χ1) is 16.1. The normalized spacial score (nSPS) is 15.4. The van der Waals surface area contributed by atoms with E-state index >= 15 is 0 Å². The number of hydrogen-bond donors (Lipinski definition) is 1. The molecule has 10 nitrogen and oxygen atoms in total. The molecule has 0 bridgehead atoms. The quantitative estimate of drug-likeness (QED) is 0.650. The highest BCUT2D eigenvalue weighted by atomic mass is 16.5. The third kappa shape index (κ3) is 4.31. The van der Waals surface area contributed by atoms with Gasteiger partial charge in [-0.1, -0.05) is 30.3 Å². The molecule has 0 saturated carbocycles. The predicted molar refractivity (Wildman–Crippen MR) is 120 cm³/mol. The number of anilines is 1. The molecular formula is C23H21N7O3. The summed E-state index contributed by atoms with van der Waals surface area (Å²) in [6.45, 7) is 3.40. The average Bonchev–Trinajstić information content (AvgIpc) is 3.46. The molecule has 5 rings (SSSR count). The van der Waals surface area contributed by atoms with Gasteiger partial charge in [0.25, 0.3) is 5.91 Å². The van der Waals surface area contributed by atoms with Crippen LogP contribution < -0.4 is 5.32 Å². The fourth-order valence-corrected chi connectivity index (χ4v) is 3.61. The molecule has 166 valence electrons. The molecule has 0 aliphatic carbocycles. The molecule has 3 amide bonds. The molecule has 1 N–H and O–H groups in total. The molecule has 3 aromatic rings. The van der Waals surface area contributed by atoms with Gasteiger partial charge in [0.15, 0.2) is 0 Å². The van der Waals surface area contributed by atoms with E-state index in [1.54, 1.807) is 45.2 Å². The Balaban J connectivity index is 1.25. The molecule has 2 aromatic carbocycles. The number of amides is 3. The van der Waals surface area contributed by atoms with E-state index in [1.165, 1.54) is 6.33 Å². The zero-order valence-corrected chi connectivity index (χ0v) is 17.9. The largest absolute Gasteiger partial charge is 0.418 e. The zero-order chi connectivity index (χ0) is 22.8. The molecule has 10 heteroatoms. The fraction of sp³-hybridized carbons (Fsp3) is 0.174. The number of ether oxygens (including phenoxy) is 1. The van der Waals surface area contributed by atoms with E-state index in [0.29, 0.717) is 25.3 Å². The van der Waals surface area contributed by atoms with Crippen molar-refractivity contribution in [3.05, 3.63) is 84.3 Å². The maximum atomic E-state index is 12.8. The second-order valence-corrected chi connectivity index (χ2v) is 7.66. The number of benzene rings is 2. The summed E-state index contributed by atoms with van der Waals surface area (Å²) in [5.74, 6) is -0.370. The van der Waals surface area contributed by atoms with Crippen molar-refractivity contribution in [2.75, 3.05) is 18.4 Å². The minimum Gasteiger partial charge on any atom is -0.418 e. The molecule has 0 saturated heterocycles. The summed E-state index contributed by atoms with van der Waals surface area (Å²) in [6.07, 6.45) is 4.58. The van der Waals surface area contributed by atoms with Crippen LogP contribution in [0.15, 0.2) is 78.1 Å². The minimum atomic E-state index is -0.439. The number of carbonyl (C=O) groups excluding carboxylic acids is 2. The van der Waals surface area contributed by atoms with E-state index in [4.69, 9.17) is 4.74 Å². The Morgan fingerprint density at radius 3 is 2.85 bits per heavy atom. The molecule has 3 heterocycles. The minimum absolute atomic E-state index is 0.0695. The lowest BCUT2D eigenvalue weighted by Gasteiger charge is -2.20. The summed E-state index contributed by atoms with van der Waals surface area (Å²) >= 11 is 0. The summed E-state index contributed by atoms with van der Waals surface area (Å²) in [4.78, 5) is 36.8. The van der Waals surface area contributed by atoms with E-state index in [-0.39, 0.29) is 11.8 Å². The third-order valence-electron chi connectivity index (χ3n) is 5.43. The van der Waals surface area contributed by atoms with Crippen LogP contribution in [0.2, 0.25) is 0 Å². The fourth-order valence-electron chi connectivity index (χ4n) is 3.61. The highest BCUT2D eigenvalue weighted by Gasteiger charge is 2.31. The van der Waals surface area contributed by atoms with Crippen LogP contribution in [-0.2, 0) is 16.1 Å². The van der Waals surface area contributed by atoms with Crippen molar-refractivity contribution in [3.63, 3.8) is 0 Å². The van der Waals surface area contributed by atoms with Gasteiger partial charge in [-0.2, -0.15) is 5.10 Å². The Morgan fingerprint density at radius 2 is 2.03 bits per heavy atom. The van der Waals surface area contributed by atoms with Crippen LogP contribution in [-0.4, -0.2) is 55.6 Å². The molecule has 0 spiro atoms. The Morgan fingerprint density at radius 1 is 1.15 bits per heavy atom. The standard InChI is InChI=1S/C23H21N7O3/c1-16-5-2-3-6-17(16)12-28-9-10-29-13-20(33-23(29)27-22(28)32)21(31)26-18-7-4-8-19(11-18)30-15-24-14-25-30/h2-8,11,13-15H,9-10,12H2,1H3,(H,26,31). The lowest BCUT2D eigenvalue weighted by atomic mass is 10.1. The number of fused-ring (bicyclic) bond motifs is 1. The number of aryl methyl sites for hydroxylation is 1. The van der Waals surface area contributed by atoms with Gasteiger partial charge in [0.05, 0.1) is 11.9 Å². The van der Waals surface area contributed by atoms with Gasteiger partial charge in [-0.25, -0.2) is 14.5 Å². The van der Waals surface area contributed by atoms with Crippen LogP contribution in [0.5, 0.6) is 0 Å². The first-order valence-electron chi connectivity index (χ1n) is 10.4. The van der Waals surface area contributed by atoms with Crippen LogP contribution in [0, 0.1) is 6.92 Å². The summed E-state index contributed by atoms with van der Waals surface area (Å²) in [5.41, 5.74) is 3.51. The molecule has 0 atom stereocenters. The smallest absolute Gasteiger partial charge is 0.348 e. The van der Waals surface area contributed by atoms with Crippen LogP contribution in [0.1, 0.15) is 11.1 Å². The molecular weight excluding hydrogens is 422 g/mol. The van der Waals surface area contributed by atoms with Crippen molar-refractivity contribution < 1.29 is 14.3 Å². The van der Waals surface area contributed by atoms with Crippen molar-refractivity contribution in [1.82, 2.24) is 24.6 Å². The summed E-state index contributed by atoms with van der Waals surface area (Å²) in [5, 5.41) is 6.88. The van der Waals surface area contributed by atoms with Gasteiger partial charge in [-0.05, 0) is 36.2 Å². The lowest BCUT2D eigenvalue weighted by Crippen LogP contribution is -2.32. The van der Waals surface area contributed by atoms with Gasteiger partial charge in [0.2, 0.25) is 5.76 Å². The van der Waals surface area contributed by atoms with E-state index in [1.807, 2.05) is 37.3 Å². The number of nitrogens with zero attached hydrogens (tertiary/aromatic N) is 6. The summed E-state index contributed by atoms with van der Waals surface area (Å²) < 4.78 is 7.22. The van der Waals surface area contributed by atoms with Gasteiger partial charge in [0.1, 0.15) is 12.7 Å². The molecule has 2 aliphatic heterocycles. The van der Waals surface area contributed by atoms with Crippen molar-refractivity contribution >= 4 is 23.6 Å². The molecule has 0 radical (unpaired) electrons. The highest BCUT2D eigenvalue weighted by Crippen LogP contribution is 2.21. The monoisotopic (exact) mass is 443 g/mol. The molecule has 2 aliphatic rings. The first kappa shape index (κ1) is 20.4. The Labute approximate surface area is 189 Å². The van der Waals surface area contributed by atoms with Gasteiger partial charge in [-0.15, -0.1) is 4.99 Å². The number of amidine groups is 1. The van der Waals surface area contributed by atoms with Gasteiger partial charge < -0.3 is 15.0 Å². The summed E-state index contributed by atoms with van der Waals surface area (Å²) in [7, 11) is 0. The molecule has 1 aromatic heterocycles. The van der Waals surface area contributed by atoms with Crippen molar-refractivity contribution in [3.8, 4) is 5.69 Å². The third-order valence-corrected chi connectivity index (χ3v) is 5.43. The second-order valence-electron chi connectivity index (χ2n) is 7.66. The van der Waals surface area contributed by atoms with Crippen LogP contribution in [0.4, 0.5) is 10.5 Å². The number of nitrogens with one attached hydrogen (secondary N) is 1. The Kier molecular flexibility index (Phi) is 5.31. The van der Waals surface area contributed by atoms with E-state index < -0.39 is 11.9 Å². The molecule has 33 heavy (non-hydrogen) atoms. The van der Waals surface area contributed by atoms with E-state index in [0.717, 1.165) is 16.8 Å². The number of urea groups is 1. The highest BCUT2D eigenvalue weighted by molar-refractivity contribution is 6.06. The van der Waals surface area contributed by atoms with Gasteiger partial charge in [0, 0.05) is 25.3 Å². The number of aromatic nitrogens is 3. The van der Waals surface area contributed by atoms with E-state index in [9.17, 15) is 9.59 Å². The zero-order valence-electron chi connectivity index (χ0n) is 17.9. The van der Waals surface area contributed by atoms with E-state index in [2.05, 4.69) is 20.4 Å². The van der Waals surface area contributed by atoms with Crippen LogP contribution in [0.25, 0.3) is 5.69 Å².